The lowest BCUT2D eigenvalue weighted by Gasteiger charge is -2.08. The standard InChI is InChI=1S/C11H9F3N4O2S/c12-11(13,14)5-20-8-2-1-6(3-16-8)17-9(19)7-4-21-10(15)18-7/h1-4H,5H2,(H2,15,18)(H,17,19). The quantitative estimate of drug-likeness (QED) is 0.903. The van der Waals surface area contributed by atoms with Gasteiger partial charge >= 0.3 is 6.18 Å². The van der Waals surface area contributed by atoms with Crippen LogP contribution in [0.2, 0.25) is 0 Å². The Bertz CT molecular complexity index is 627. The summed E-state index contributed by atoms with van der Waals surface area (Å²) in [4.78, 5) is 19.2. The SMILES string of the molecule is Nc1nc(C(=O)Nc2ccc(OCC(F)(F)F)nc2)cs1. The van der Waals surface area contributed by atoms with Crippen molar-refractivity contribution in [3.63, 3.8) is 0 Å². The van der Waals surface area contributed by atoms with Gasteiger partial charge in [0.2, 0.25) is 5.88 Å². The van der Waals surface area contributed by atoms with E-state index in [1.165, 1.54) is 23.7 Å². The summed E-state index contributed by atoms with van der Waals surface area (Å²) in [6.07, 6.45) is -3.25. The lowest BCUT2D eigenvalue weighted by Crippen LogP contribution is -2.19. The number of anilines is 2. The van der Waals surface area contributed by atoms with Gasteiger partial charge in [0.25, 0.3) is 5.91 Å². The van der Waals surface area contributed by atoms with Gasteiger partial charge in [-0.3, -0.25) is 4.79 Å². The average molecular weight is 318 g/mol. The Morgan fingerprint density at radius 2 is 2.19 bits per heavy atom. The molecule has 6 nitrogen and oxygen atoms in total. The number of aromatic nitrogens is 2. The van der Waals surface area contributed by atoms with Gasteiger partial charge < -0.3 is 15.8 Å². The smallest absolute Gasteiger partial charge is 0.422 e. The molecule has 0 bridgehead atoms. The number of amides is 1. The number of hydrogen-bond donors (Lipinski definition) is 2. The Labute approximate surface area is 120 Å². The number of nitrogens with two attached hydrogens (primary N) is 1. The van der Waals surface area contributed by atoms with Gasteiger partial charge in [0.15, 0.2) is 11.7 Å². The molecule has 0 saturated heterocycles. The van der Waals surface area contributed by atoms with Crippen LogP contribution in [0.15, 0.2) is 23.7 Å². The van der Waals surface area contributed by atoms with E-state index in [0.717, 1.165) is 11.3 Å². The molecule has 10 heteroatoms. The Hall–Kier alpha value is -2.36. The number of pyridine rings is 1. The molecular formula is C11H9F3N4O2S. The van der Waals surface area contributed by atoms with Crippen LogP contribution in [-0.2, 0) is 0 Å². The topological polar surface area (TPSA) is 90.1 Å². The van der Waals surface area contributed by atoms with Gasteiger partial charge in [0.05, 0.1) is 11.9 Å². The van der Waals surface area contributed by atoms with E-state index in [9.17, 15) is 18.0 Å². The van der Waals surface area contributed by atoms with Gasteiger partial charge in [-0.15, -0.1) is 11.3 Å². The van der Waals surface area contributed by atoms with Crippen molar-refractivity contribution in [1.82, 2.24) is 9.97 Å². The van der Waals surface area contributed by atoms with Crippen molar-refractivity contribution in [3.8, 4) is 5.88 Å². The number of alkyl halides is 3. The first-order valence-electron chi connectivity index (χ1n) is 5.51. The van der Waals surface area contributed by atoms with Crippen LogP contribution in [0.1, 0.15) is 10.5 Å². The first kappa shape index (κ1) is 15.0. The minimum absolute atomic E-state index is 0.148. The first-order chi connectivity index (χ1) is 9.83. The second-order valence-corrected chi connectivity index (χ2v) is 4.70. The molecule has 0 spiro atoms. The second-order valence-electron chi connectivity index (χ2n) is 3.81. The van der Waals surface area contributed by atoms with Crippen LogP contribution in [0.5, 0.6) is 5.88 Å². The molecule has 3 N–H and O–H groups in total. The molecule has 1 amide bonds. The molecule has 2 aromatic rings. The lowest BCUT2D eigenvalue weighted by atomic mass is 10.4. The highest BCUT2D eigenvalue weighted by Crippen LogP contribution is 2.18. The normalized spacial score (nSPS) is 11.2. The van der Waals surface area contributed by atoms with E-state index in [4.69, 9.17) is 5.73 Å². The molecule has 2 heterocycles. The largest absolute Gasteiger partial charge is 0.468 e. The van der Waals surface area contributed by atoms with Gasteiger partial charge in [-0.1, -0.05) is 0 Å². The Kier molecular flexibility index (Phi) is 4.26. The maximum Gasteiger partial charge on any atom is 0.422 e. The summed E-state index contributed by atoms with van der Waals surface area (Å²) in [6.45, 7) is -1.43. The van der Waals surface area contributed by atoms with Crippen molar-refractivity contribution in [2.45, 2.75) is 6.18 Å². The van der Waals surface area contributed by atoms with Crippen molar-refractivity contribution in [3.05, 3.63) is 29.4 Å². The zero-order valence-corrected chi connectivity index (χ0v) is 11.2. The highest BCUT2D eigenvalue weighted by molar-refractivity contribution is 7.13. The highest BCUT2D eigenvalue weighted by Gasteiger charge is 2.28. The maximum absolute atomic E-state index is 12.0. The van der Waals surface area contributed by atoms with Crippen LogP contribution in [0.4, 0.5) is 24.0 Å². The van der Waals surface area contributed by atoms with E-state index in [2.05, 4.69) is 20.0 Å². The average Bonchev–Trinajstić information content (AvgIpc) is 2.84. The van der Waals surface area contributed by atoms with Gasteiger partial charge in [-0.2, -0.15) is 13.2 Å². The van der Waals surface area contributed by atoms with Crippen LogP contribution in [0.25, 0.3) is 0 Å². The summed E-state index contributed by atoms with van der Waals surface area (Å²) < 4.78 is 40.3. The predicted molar refractivity (Wildman–Crippen MR) is 70.3 cm³/mol. The van der Waals surface area contributed by atoms with Gasteiger partial charge in [-0.05, 0) is 6.07 Å². The van der Waals surface area contributed by atoms with Crippen LogP contribution < -0.4 is 15.8 Å². The fourth-order valence-electron chi connectivity index (χ4n) is 1.28. The Morgan fingerprint density at radius 3 is 2.71 bits per heavy atom. The van der Waals surface area contributed by atoms with Crippen molar-refractivity contribution in [2.24, 2.45) is 0 Å². The van der Waals surface area contributed by atoms with Crippen LogP contribution >= 0.6 is 11.3 Å². The molecule has 0 radical (unpaired) electrons. The zero-order chi connectivity index (χ0) is 15.5. The van der Waals surface area contributed by atoms with E-state index >= 15 is 0 Å². The minimum atomic E-state index is -4.43. The molecular weight excluding hydrogens is 309 g/mol. The van der Waals surface area contributed by atoms with E-state index in [-0.39, 0.29) is 16.7 Å². The Morgan fingerprint density at radius 1 is 1.43 bits per heavy atom. The van der Waals surface area contributed by atoms with Crippen LogP contribution in [-0.4, -0.2) is 28.7 Å². The molecule has 2 aromatic heterocycles. The maximum atomic E-state index is 12.0. The van der Waals surface area contributed by atoms with Crippen molar-refractivity contribution < 1.29 is 22.7 Å². The molecule has 0 saturated carbocycles. The number of hydrogen-bond acceptors (Lipinski definition) is 6. The monoisotopic (exact) mass is 318 g/mol. The summed E-state index contributed by atoms with van der Waals surface area (Å²) in [5, 5.41) is 4.22. The van der Waals surface area contributed by atoms with E-state index in [1.54, 1.807) is 0 Å². The number of halogens is 3. The number of carbonyl (C=O) groups excluding carboxylic acids is 1. The van der Waals surface area contributed by atoms with E-state index in [1.807, 2.05) is 0 Å². The second kappa shape index (κ2) is 5.95. The summed E-state index contributed by atoms with van der Waals surface area (Å²) >= 11 is 1.12. The van der Waals surface area contributed by atoms with Crippen LogP contribution in [0, 0.1) is 0 Å². The Balaban J connectivity index is 1.94. The summed E-state index contributed by atoms with van der Waals surface area (Å²) in [6, 6.07) is 2.59. The number of carbonyl (C=O) groups is 1. The minimum Gasteiger partial charge on any atom is -0.468 e. The molecule has 0 aliphatic rings. The molecule has 0 aliphatic heterocycles. The lowest BCUT2D eigenvalue weighted by molar-refractivity contribution is -0.154. The number of nitrogens with one attached hydrogen (secondary N) is 1. The third-order valence-electron chi connectivity index (χ3n) is 2.13. The summed E-state index contributed by atoms with van der Waals surface area (Å²) in [5.74, 6) is -0.683. The van der Waals surface area contributed by atoms with Crippen LogP contribution in [0.3, 0.4) is 0 Å². The van der Waals surface area contributed by atoms with Crippen molar-refractivity contribution >= 4 is 28.1 Å². The number of nitrogen functional groups attached to an aromatic ring is 1. The zero-order valence-electron chi connectivity index (χ0n) is 10.3. The third kappa shape index (κ3) is 4.60. The van der Waals surface area contributed by atoms with E-state index < -0.39 is 18.7 Å². The highest BCUT2D eigenvalue weighted by atomic mass is 32.1. The number of nitrogens with zero attached hydrogens (tertiary/aromatic N) is 2. The molecule has 0 aliphatic carbocycles. The fraction of sp³-hybridized carbons (Fsp3) is 0.182. The molecule has 0 atom stereocenters. The first-order valence-corrected chi connectivity index (χ1v) is 6.39. The van der Waals surface area contributed by atoms with Gasteiger partial charge in [-0.25, -0.2) is 9.97 Å². The third-order valence-corrected chi connectivity index (χ3v) is 2.81. The molecule has 112 valence electrons. The molecule has 0 unspecified atom stereocenters. The fourth-order valence-corrected chi connectivity index (χ4v) is 1.83. The van der Waals surface area contributed by atoms with Crippen molar-refractivity contribution in [2.75, 3.05) is 17.7 Å². The number of rotatable bonds is 4. The van der Waals surface area contributed by atoms with Crippen molar-refractivity contribution in [1.29, 1.82) is 0 Å². The predicted octanol–water partition coefficient (Wildman–Crippen LogP) is 2.31. The molecule has 0 fully saturated rings. The number of thiazole rings is 1. The number of ether oxygens (including phenoxy) is 1. The molecule has 2 rings (SSSR count). The van der Waals surface area contributed by atoms with Gasteiger partial charge in [0, 0.05) is 11.4 Å². The van der Waals surface area contributed by atoms with E-state index in [0.29, 0.717) is 5.69 Å². The van der Waals surface area contributed by atoms with Gasteiger partial charge in [0.1, 0.15) is 5.69 Å². The summed E-state index contributed by atoms with van der Waals surface area (Å²) in [7, 11) is 0. The molecule has 21 heavy (non-hydrogen) atoms. The summed E-state index contributed by atoms with van der Waals surface area (Å²) in [5.41, 5.74) is 5.85. The molecule has 0 aromatic carbocycles.